The number of aromatic nitrogens is 2. The minimum absolute atomic E-state index is 0.281. The van der Waals surface area contributed by atoms with Gasteiger partial charge in [-0.2, -0.15) is 5.10 Å². The second-order valence-electron chi connectivity index (χ2n) is 5.29. The molecule has 0 aliphatic heterocycles. The molecule has 1 amide bonds. The predicted molar refractivity (Wildman–Crippen MR) is 76.7 cm³/mol. The van der Waals surface area contributed by atoms with Gasteiger partial charge in [0.05, 0.1) is 5.69 Å². The van der Waals surface area contributed by atoms with Crippen LogP contribution >= 0.6 is 0 Å². The number of hydrogen-bond acceptors (Lipinski definition) is 3. The maximum absolute atomic E-state index is 11.1. The maximum Gasteiger partial charge on any atom is 0.269 e. The van der Waals surface area contributed by atoms with Gasteiger partial charge in [-0.05, 0) is 43.0 Å². The van der Waals surface area contributed by atoms with Crippen LogP contribution in [0.3, 0.4) is 0 Å². The van der Waals surface area contributed by atoms with Crippen molar-refractivity contribution in [2.24, 2.45) is 5.73 Å². The molecule has 104 valence electrons. The van der Waals surface area contributed by atoms with E-state index in [1.165, 1.54) is 18.4 Å². The number of rotatable bonds is 5. The van der Waals surface area contributed by atoms with E-state index >= 15 is 0 Å². The van der Waals surface area contributed by atoms with Gasteiger partial charge in [0.1, 0.15) is 5.69 Å². The first kappa shape index (κ1) is 12.9. The molecular weight excluding hydrogens is 252 g/mol. The van der Waals surface area contributed by atoms with E-state index in [-0.39, 0.29) is 5.69 Å². The van der Waals surface area contributed by atoms with Crippen molar-refractivity contribution in [2.75, 3.05) is 0 Å². The van der Waals surface area contributed by atoms with Crippen molar-refractivity contribution in [2.45, 2.75) is 32.4 Å². The van der Waals surface area contributed by atoms with Crippen molar-refractivity contribution in [3.63, 3.8) is 0 Å². The smallest absolute Gasteiger partial charge is 0.269 e. The van der Waals surface area contributed by atoms with Crippen molar-refractivity contribution in [1.29, 1.82) is 0 Å². The van der Waals surface area contributed by atoms with Crippen molar-refractivity contribution >= 4 is 5.91 Å². The summed E-state index contributed by atoms with van der Waals surface area (Å²) in [5, 5.41) is 7.68. The van der Waals surface area contributed by atoms with Gasteiger partial charge in [-0.15, -0.1) is 0 Å². The van der Waals surface area contributed by atoms with Crippen molar-refractivity contribution < 1.29 is 4.79 Å². The Bertz CT molecular complexity index is 643. The summed E-state index contributed by atoms with van der Waals surface area (Å²) in [5.74, 6) is -0.508. The zero-order valence-corrected chi connectivity index (χ0v) is 11.5. The third-order valence-electron chi connectivity index (χ3n) is 3.52. The fourth-order valence-electron chi connectivity index (χ4n) is 2.22. The maximum atomic E-state index is 11.1. The predicted octanol–water partition coefficient (Wildman–Crippen LogP) is 1.53. The normalized spacial score (nSPS) is 14.4. The van der Waals surface area contributed by atoms with Gasteiger partial charge in [-0.25, -0.2) is 4.68 Å². The molecule has 1 heterocycles. The molecule has 1 fully saturated rings. The summed E-state index contributed by atoms with van der Waals surface area (Å²) < 4.78 is 1.69. The highest BCUT2D eigenvalue weighted by Crippen LogP contribution is 2.20. The Morgan fingerprint density at radius 1 is 1.45 bits per heavy atom. The molecule has 0 bridgehead atoms. The zero-order chi connectivity index (χ0) is 14.1. The van der Waals surface area contributed by atoms with Crippen LogP contribution in [0.15, 0.2) is 30.5 Å². The van der Waals surface area contributed by atoms with E-state index in [1.54, 1.807) is 16.9 Å². The molecule has 1 aliphatic rings. The molecule has 1 aromatic heterocycles. The Kier molecular flexibility index (Phi) is 3.28. The average molecular weight is 270 g/mol. The molecule has 1 saturated carbocycles. The van der Waals surface area contributed by atoms with Crippen LogP contribution in [0.5, 0.6) is 0 Å². The molecule has 3 N–H and O–H groups in total. The number of nitrogens with one attached hydrogen (secondary N) is 1. The van der Waals surface area contributed by atoms with E-state index in [0.29, 0.717) is 6.04 Å². The van der Waals surface area contributed by atoms with Gasteiger partial charge in [0, 0.05) is 18.8 Å². The van der Waals surface area contributed by atoms with E-state index in [9.17, 15) is 4.79 Å². The van der Waals surface area contributed by atoms with Crippen molar-refractivity contribution in [3.05, 3.63) is 47.3 Å². The molecule has 1 aromatic carbocycles. The Hall–Kier alpha value is -2.14. The summed E-state index contributed by atoms with van der Waals surface area (Å²) >= 11 is 0. The van der Waals surface area contributed by atoms with Crippen LogP contribution < -0.4 is 11.1 Å². The largest absolute Gasteiger partial charge is 0.364 e. The van der Waals surface area contributed by atoms with Gasteiger partial charge in [0.2, 0.25) is 0 Å². The standard InChI is InChI=1S/C15H18N4O/c1-10-8-11(9-17-12-3-4-12)2-5-14(10)19-7-6-13(18-19)15(16)20/h2,5-8,12,17H,3-4,9H2,1H3,(H2,16,20). The van der Waals surface area contributed by atoms with Crippen LogP contribution in [0.1, 0.15) is 34.5 Å². The molecule has 0 spiro atoms. The van der Waals surface area contributed by atoms with Crippen LogP contribution in [0.4, 0.5) is 0 Å². The summed E-state index contributed by atoms with van der Waals surface area (Å²) in [5.41, 5.74) is 8.85. The van der Waals surface area contributed by atoms with Crippen LogP contribution in [0.2, 0.25) is 0 Å². The molecular formula is C15H18N4O. The Balaban J connectivity index is 1.79. The fraction of sp³-hybridized carbons (Fsp3) is 0.333. The number of carbonyl (C=O) groups is 1. The molecule has 0 atom stereocenters. The molecule has 2 aromatic rings. The average Bonchev–Trinajstić information content (AvgIpc) is 3.11. The molecule has 5 heteroatoms. The number of carbonyl (C=O) groups excluding carboxylic acids is 1. The SMILES string of the molecule is Cc1cc(CNC2CC2)ccc1-n1ccc(C(N)=O)n1. The second kappa shape index (κ2) is 5.09. The lowest BCUT2D eigenvalue weighted by atomic mass is 10.1. The fourth-order valence-corrected chi connectivity index (χ4v) is 2.22. The van der Waals surface area contributed by atoms with Crippen LogP contribution in [-0.4, -0.2) is 21.7 Å². The van der Waals surface area contributed by atoms with Crippen molar-refractivity contribution in [3.8, 4) is 5.69 Å². The van der Waals surface area contributed by atoms with Gasteiger partial charge >= 0.3 is 0 Å². The number of primary amides is 1. The first-order valence-electron chi connectivity index (χ1n) is 6.82. The quantitative estimate of drug-likeness (QED) is 0.865. The lowest BCUT2D eigenvalue weighted by molar-refractivity contribution is 0.0995. The van der Waals surface area contributed by atoms with E-state index in [4.69, 9.17) is 5.73 Å². The molecule has 1 aliphatic carbocycles. The topological polar surface area (TPSA) is 72.9 Å². The molecule has 0 radical (unpaired) electrons. The van der Waals surface area contributed by atoms with E-state index < -0.39 is 5.91 Å². The Labute approximate surface area is 117 Å². The number of hydrogen-bond donors (Lipinski definition) is 2. The lowest BCUT2D eigenvalue weighted by Gasteiger charge is -2.09. The number of benzene rings is 1. The number of nitrogens with two attached hydrogens (primary N) is 1. The van der Waals surface area contributed by atoms with Crippen molar-refractivity contribution in [1.82, 2.24) is 15.1 Å². The third kappa shape index (κ3) is 2.72. The molecule has 3 rings (SSSR count). The van der Waals surface area contributed by atoms with E-state index in [1.807, 2.05) is 13.0 Å². The molecule has 0 unspecified atom stereocenters. The van der Waals surface area contributed by atoms with Gasteiger partial charge in [0.25, 0.3) is 5.91 Å². The third-order valence-corrected chi connectivity index (χ3v) is 3.52. The molecule has 20 heavy (non-hydrogen) atoms. The molecule has 5 nitrogen and oxygen atoms in total. The highest BCUT2D eigenvalue weighted by atomic mass is 16.1. The minimum atomic E-state index is -0.508. The van der Waals surface area contributed by atoms with Gasteiger partial charge < -0.3 is 11.1 Å². The number of amides is 1. The summed E-state index contributed by atoms with van der Waals surface area (Å²) in [6, 6.07) is 8.60. The monoisotopic (exact) mass is 270 g/mol. The Morgan fingerprint density at radius 2 is 2.25 bits per heavy atom. The number of nitrogens with zero attached hydrogens (tertiary/aromatic N) is 2. The van der Waals surface area contributed by atoms with Crippen LogP contribution in [0.25, 0.3) is 5.69 Å². The minimum Gasteiger partial charge on any atom is -0.364 e. The Morgan fingerprint density at radius 3 is 2.85 bits per heavy atom. The van der Waals surface area contributed by atoms with Crippen LogP contribution in [-0.2, 0) is 6.54 Å². The van der Waals surface area contributed by atoms with Gasteiger partial charge in [0.15, 0.2) is 0 Å². The van der Waals surface area contributed by atoms with Gasteiger partial charge in [-0.1, -0.05) is 12.1 Å². The summed E-state index contributed by atoms with van der Waals surface area (Å²) in [6.45, 7) is 2.94. The molecule has 0 saturated heterocycles. The lowest BCUT2D eigenvalue weighted by Crippen LogP contribution is -2.15. The summed E-state index contributed by atoms with van der Waals surface area (Å²) in [4.78, 5) is 11.1. The van der Waals surface area contributed by atoms with Crippen LogP contribution in [0, 0.1) is 6.92 Å². The zero-order valence-electron chi connectivity index (χ0n) is 11.5. The second-order valence-corrected chi connectivity index (χ2v) is 5.29. The van der Waals surface area contributed by atoms with E-state index in [0.717, 1.165) is 17.8 Å². The first-order chi connectivity index (χ1) is 9.63. The number of aryl methyl sites for hydroxylation is 1. The summed E-state index contributed by atoms with van der Waals surface area (Å²) in [6.07, 6.45) is 4.34. The van der Waals surface area contributed by atoms with E-state index in [2.05, 4.69) is 22.5 Å². The first-order valence-corrected chi connectivity index (χ1v) is 6.82. The highest BCUT2D eigenvalue weighted by Gasteiger charge is 2.20. The van der Waals surface area contributed by atoms with Gasteiger partial charge in [-0.3, -0.25) is 4.79 Å². The summed E-state index contributed by atoms with van der Waals surface area (Å²) in [7, 11) is 0. The highest BCUT2D eigenvalue weighted by molar-refractivity contribution is 5.90.